The molecule has 1 aromatic heterocycles. The zero-order chi connectivity index (χ0) is 13.4. The third-order valence-corrected chi connectivity index (χ3v) is 3.12. The van der Waals surface area contributed by atoms with E-state index in [-0.39, 0.29) is 17.9 Å². The van der Waals surface area contributed by atoms with Crippen LogP contribution in [0.15, 0.2) is 22.8 Å². The molecule has 1 unspecified atom stereocenters. The maximum Gasteiger partial charge on any atom is 0.223 e. The molecule has 0 saturated heterocycles. The summed E-state index contributed by atoms with van der Waals surface area (Å²) >= 11 is 0. The monoisotopic (exact) mass is 251 g/mol. The SMILES string of the molecule is CCCC(CCC)C(=O)NC(C)Cc1ccco1. The molecule has 0 spiro atoms. The largest absolute Gasteiger partial charge is 0.469 e. The molecule has 3 nitrogen and oxygen atoms in total. The van der Waals surface area contributed by atoms with Crippen molar-refractivity contribution in [2.45, 2.75) is 58.9 Å². The minimum absolute atomic E-state index is 0.125. The molecule has 1 aromatic rings. The molecule has 18 heavy (non-hydrogen) atoms. The first-order chi connectivity index (χ1) is 8.67. The van der Waals surface area contributed by atoms with Crippen molar-refractivity contribution in [2.75, 3.05) is 0 Å². The molecule has 0 aliphatic heterocycles. The lowest BCUT2D eigenvalue weighted by Crippen LogP contribution is -2.38. The maximum absolute atomic E-state index is 12.1. The lowest BCUT2D eigenvalue weighted by Gasteiger charge is -2.19. The van der Waals surface area contributed by atoms with E-state index in [2.05, 4.69) is 19.2 Å². The first-order valence-electron chi connectivity index (χ1n) is 7.00. The molecule has 0 bridgehead atoms. The highest BCUT2D eigenvalue weighted by Gasteiger charge is 2.18. The Morgan fingerprint density at radius 2 is 2.00 bits per heavy atom. The summed E-state index contributed by atoms with van der Waals surface area (Å²) in [4.78, 5) is 12.1. The van der Waals surface area contributed by atoms with Crippen LogP contribution in [0.5, 0.6) is 0 Å². The number of amides is 1. The van der Waals surface area contributed by atoms with Gasteiger partial charge in [-0.05, 0) is 31.9 Å². The number of furan rings is 1. The van der Waals surface area contributed by atoms with Gasteiger partial charge in [0.05, 0.1) is 6.26 Å². The van der Waals surface area contributed by atoms with E-state index < -0.39 is 0 Å². The minimum Gasteiger partial charge on any atom is -0.469 e. The number of rotatable bonds is 8. The summed E-state index contributed by atoms with van der Waals surface area (Å²) in [7, 11) is 0. The average Bonchev–Trinajstić information content (AvgIpc) is 2.81. The van der Waals surface area contributed by atoms with Crippen molar-refractivity contribution in [3.8, 4) is 0 Å². The van der Waals surface area contributed by atoms with Crippen LogP contribution in [-0.2, 0) is 11.2 Å². The summed E-state index contributed by atoms with van der Waals surface area (Å²) < 4.78 is 5.29. The van der Waals surface area contributed by atoms with E-state index in [9.17, 15) is 4.79 Å². The van der Waals surface area contributed by atoms with Crippen LogP contribution in [0, 0.1) is 5.92 Å². The summed E-state index contributed by atoms with van der Waals surface area (Å²) in [5.41, 5.74) is 0. The molecule has 1 amide bonds. The van der Waals surface area contributed by atoms with Crippen molar-refractivity contribution >= 4 is 5.91 Å². The molecular weight excluding hydrogens is 226 g/mol. The summed E-state index contributed by atoms with van der Waals surface area (Å²) in [6.07, 6.45) is 6.50. The summed E-state index contributed by atoms with van der Waals surface area (Å²) in [5.74, 6) is 1.28. The zero-order valence-electron chi connectivity index (χ0n) is 11.7. The molecule has 102 valence electrons. The predicted octanol–water partition coefficient (Wildman–Crippen LogP) is 3.54. The summed E-state index contributed by atoms with van der Waals surface area (Å²) in [5, 5.41) is 3.09. The van der Waals surface area contributed by atoms with Crippen molar-refractivity contribution in [1.29, 1.82) is 0 Å². The Morgan fingerprint density at radius 1 is 1.33 bits per heavy atom. The molecule has 0 aliphatic carbocycles. The Labute approximate surface area is 110 Å². The number of hydrogen-bond donors (Lipinski definition) is 1. The van der Waals surface area contributed by atoms with Crippen LogP contribution in [0.3, 0.4) is 0 Å². The average molecular weight is 251 g/mol. The Balaban J connectivity index is 2.41. The second kappa shape index (κ2) is 7.96. The minimum atomic E-state index is 0.125. The van der Waals surface area contributed by atoms with Gasteiger partial charge in [-0.15, -0.1) is 0 Å². The van der Waals surface area contributed by atoms with Crippen molar-refractivity contribution < 1.29 is 9.21 Å². The maximum atomic E-state index is 12.1. The second-order valence-corrected chi connectivity index (χ2v) is 4.97. The van der Waals surface area contributed by atoms with Gasteiger partial charge in [-0.2, -0.15) is 0 Å². The fourth-order valence-corrected chi connectivity index (χ4v) is 2.25. The molecule has 1 N–H and O–H groups in total. The van der Waals surface area contributed by atoms with Gasteiger partial charge in [0.15, 0.2) is 0 Å². The van der Waals surface area contributed by atoms with E-state index >= 15 is 0 Å². The fourth-order valence-electron chi connectivity index (χ4n) is 2.25. The van der Waals surface area contributed by atoms with Gasteiger partial charge >= 0.3 is 0 Å². The van der Waals surface area contributed by atoms with E-state index in [1.165, 1.54) is 0 Å². The van der Waals surface area contributed by atoms with Gasteiger partial charge in [-0.1, -0.05) is 26.7 Å². The van der Waals surface area contributed by atoms with Crippen molar-refractivity contribution in [2.24, 2.45) is 5.92 Å². The van der Waals surface area contributed by atoms with Crippen molar-refractivity contribution in [1.82, 2.24) is 5.32 Å². The number of nitrogens with one attached hydrogen (secondary N) is 1. The first-order valence-corrected chi connectivity index (χ1v) is 7.00. The van der Waals surface area contributed by atoms with E-state index in [4.69, 9.17) is 4.42 Å². The van der Waals surface area contributed by atoms with Crippen LogP contribution in [0.2, 0.25) is 0 Å². The second-order valence-electron chi connectivity index (χ2n) is 4.97. The molecule has 0 aromatic carbocycles. The van der Waals surface area contributed by atoms with Gasteiger partial charge < -0.3 is 9.73 Å². The molecule has 0 saturated carbocycles. The van der Waals surface area contributed by atoms with E-state index in [0.717, 1.165) is 37.9 Å². The highest BCUT2D eigenvalue weighted by Crippen LogP contribution is 2.14. The number of carbonyl (C=O) groups excluding carboxylic acids is 1. The molecule has 0 radical (unpaired) electrons. The Morgan fingerprint density at radius 3 is 2.50 bits per heavy atom. The fraction of sp³-hybridized carbons (Fsp3) is 0.667. The normalized spacial score (nSPS) is 12.7. The standard InChI is InChI=1S/C15H25NO2/c1-4-7-13(8-5-2)15(17)16-12(3)11-14-9-6-10-18-14/h6,9-10,12-13H,4-5,7-8,11H2,1-3H3,(H,16,17). The Hall–Kier alpha value is -1.25. The highest BCUT2D eigenvalue weighted by molar-refractivity contribution is 5.78. The van der Waals surface area contributed by atoms with Crippen molar-refractivity contribution in [3.05, 3.63) is 24.2 Å². The predicted molar refractivity (Wildman–Crippen MR) is 73.3 cm³/mol. The van der Waals surface area contributed by atoms with Crippen LogP contribution in [0.4, 0.5) is 0 Å². The number of hydrogen-bond acceptors (Lipinski definition) is 2. The molecule has 3 heteroatoms. The smallest absolute Gasteiger partial charge is 0.223 e. The summed E-state index contributed by atoms with van der Waals surface area (Å²) in [6.45, 7) is 6.28. The zero-order valence-corrected chi connectivity index (χ0v) is 11.7. The Bertz CT molecular complexity index is 326. The molecule has 0 fully saturated rings. The van der Waals surface area contributed by atoms with E-state index in [1.807, 2.05) is 19.1 Å². The number of carbonyl (C=O) groups is 1. The lowest BCUT2D eigenvalue weighted by molar-refractivity contribution is -0.126. The third-order valence-electron chi connectivity index (χ3n) is 3.12. The quantitative estimate of drug-likeness (QED) is 0.767. The van der Waals surface area contributed by atoms with E-state index in [1.54, 1.807) is 6.26 Å². The molecule has 0 aliphatic rings. The van der Waals surface area contributed by atoms with Gasteiger partial charge in [0, 0.05) is 18.4 Å². The molecule has 1 atom stereocenters. The van der Waals surface area contributed by atoms with Crippen LogP contribution >= 0.6 is 0 Å². The van der Waals surface area contributed by atoms with Gasteiger partial charge in [0.1, 0.15) is 5.76 Å². The van der Waals surface area contributed by atoms with Crippen molar-refractivity contribution in [3.63, 3.8) is 0 Å². The van der Waals surface area contributed by atoms with Gasteiger partial charge in [-0.25, -0.2) is 0 Å². The molecular formula is C15H25NO2. The molecule has 1 heterocycles. The van der Waals surface area contributed by atoms with E-state index in [0.29, 0.717) is 0 Å². The van der Waals surface area contributed by atoms with Gasteiger partial charge in [-0.3, -0.25) is 4.79 Å². The van der Waals surface area contributed by atoms with Crippen LogP contribution < -0.4 is 5.32 Å². The highest BCUT2D eigenvalue weighted by atomic mass is 16.3. The Kier molecular flexibility index (Phi) is 6.55. The van der Waals surface area contributed by atoms with Gasteiger partial charge in [0.25, 0.3) is 0 Å². The van der Waals surface area contributed by atoms with Crippen LogP contribution in [0.1, 0.15) is 52.2 Å². The topological polar surface area (TPSA) is 42.2 Å². The van der Waals surface area contributed by atoms with Gasteiger partial charge in [0.2, 0.25) is 5.91 Å². The third kappa shape index (κ3) is 4.94. The summed E-state index contributed by atoms with van der Waals surface area (Å²) in [6, 6.07) is 3.94. The van der Waals surface area contributed by atoms with Crippen LogP contribution in [0.25, 0.3) is 0 Å². The first kappa shape index (κ1) is 14.8. The van der Waals surface area contributed by atoms with Crippen LogP contribution in [-0.4, -0.2) is 11.9 Å². The lowest BCUT2D eigenvalue weighted by atomic mass is 9.97. The molecule has 1 rings (SSSR count).